The summed E-state index contributed by atoms with van der Waals surface area (Å²) in [4.78, 5) is 24.0. The molecule has 2 aromatic rings. The predicted molar refractivity (Wildman–Crippen MR) is 104 cm³/mol. The molecular formula is C19H20Cl2N2O4. The molecule has 0 fully saturated rings. The van der Waals surface area contributed by atoms with Crippen LogP contribution in [0.2, 0.25) is 10.0 Å². The molecular weight excluding hydrogens is 391 g/mol. The van der Waals surface area contributed by atoms with Crippen LogP contribution in [-0.4, -0.2) is 25.5 Å². The molecule has 0 aromatic heterocycles. The van der Waals surface area contributed by atoms with Gasteiger partial charge in [0.25, 0.3) is 5.91 Å². The van der Waals surface area contributed by atoms with Crippen molar-refractivity contribution in [2.75, 3.05) is 13.7 Å². The number of hydrazine groups is 1. The van der Waals surface area contributed by atoms with Gasteiger partial charge in [-0.1, -0.05) is 53.5 Å². The Bertz CT molecular complexity index is 772. The van der Waals surface area contributed by atoms with Crippen molar-refractivity contribution in [1.82, 2.24) is 10.9 Å². The summed E-state index contributed by atoms with van der Waals surface area (Å²) in [5, 5.41) is 0.929. The Morgan fingerprint density at radius 1 is 1.07 bits per heavy atom. The van der Waals surface area contributed by atoms with Crippen LogP contribution in [0.5, 0.6) is 5.75 Å². The highest BCUT2D eigenvalue weighted by Crippen LogP contribution is 2.27. The fourth-order valence-electron chi connectivity index (χ4n) is 2.29. The van der Waals surface area contributed by atoms with Crippen molar-refractivity contribution in [1.29, 1.82) is 0 Å². The Hall–Kier alpha value is -2.28. The summed E-state index contributed by atoms with van der Waals surface area (Å²) < 4.78 is 10.7. The van der Waals surface area contributed by atoms with E-state index in [-0.39, 0.29) is 12.3 Å². The lowest BCUT2D eigenvalue weighted by Crippen LogP contribution is -2.44. The van der Waals surface area contributed by atoms with Gasteiger partial charge < -0.3 is 9.47 Å². The van der Waals surface area contributed by atoms with E-state index >= 15 is 0 Å². The Kier molecular flexibility index (Phi) is 8.39. The molecule has 0 bridgehead atoms. The number of rotatable bonds is 8. The second kappa shape index (κ2) is 10.8. The van der Waals surface area contributed by atoms with E-state index in [0.717, 1.165) is 0 Å². The Balaban J connectivity index is 1.70. The smallest absolute Gasteiger partial charge is 0.272 e. The largest absolute Gasteiger partial charge is 0.492 e. The van der Waals surface area contributed by atoms with E-state index in [4.69, 9.17) is 32.7 Å². The molecule has 0 saturated heterocycles. The molecule has 0 aliphatic heterocycles. The van der Waals surface area contributed by atoms with Crippen LogP contribution in [0.25, 0.3) is 0 Å². The summed E-state index contributed by atoms with van der Waals surface area (Å²) in [6.07, 6.45) is -0.177. The molecule has 2 amide bonds. The lowest BCUT2D eigenvalue weighted by atomic mass is 10.1. The van der Waals surface area contributed by atoms with Gasteiger partial charge >= 0.3 is 0 Å². The third-order valence-electron chi connectivity index (χ3n) is 3.60. The maximum Gasteiger partial charge on any atom is 0.272 e. The molecule has 2 aromatic carbocycles. The summed E-state index contributed by atoms with van der Waals surface area (Å²) in [6.45, 7) is 0.299. The number of carbonyl (C=O) groups is 2. The summed E-state index contributed by atoms with van der Waals surface area (Å²) in [5.74, 6) is -0.293. The number of hydrogen-bond acceptors (Lipinski definition) is 4. The van der Waals surface area contributed by atoms with Crippen LogP contribution in [0.3, 0.4) is 0 Å². The number of benzene rings is 2. The molecule has 0 saturated carbocycles. The maximum absolute atomic E-state index is 12.2. The van der Waals surface area contributed by atoms with E-state index in [1.54, 1.807) is 42.5 Å². The molecule has 8 heteroatoms. The molecule has 144 valence electrons. The van der Waals surface area contributed by atoms with Gasteiger partial charge in [0, 0.05) is 18.6 Å². The zero-order valence-electron chi connectivity index (χ0n) is 14.7. The standard InChI is InChI=1S/C19H20Cl2N2O4/c1-26-18(13-6-3-2-4-7-13)19(25)23-22-17(24)8-5-11-27-16-10-9-14(20)12-15(16)21/h2-4,6-7,9-10,12,18H,5,8,11H2,1H3,(H,22,24)(H,23,25). The van der Waals surface area contributed by atoms with Crippen molar-refractivity contribution in [3.05, 3.63) is 64.1 Å². The van der Waals surface area contributed by atoms with Crippen molar-refractivity contribution in [3.8, 4) is 5.75 Å². The Morgan fingerprint density at radius 3 is 2.48 bits per heavy atom. The normalized spacial score (nSPS) is 11.5. The third-order valence-corrected chi connectivity index (χ3v) is 4.13. The second-order valence-electron chi connectivity index (χ2n) is 5.59. The van der Waals surface area contributed by atoms with E-state index in [9.17, 15) is 9.59 Å². The molecule has 1 unspecified atom stereocenters. The third kappa shape index (κ3) is 6.75. The number of nitrogens with one attached hydrogen (secondary N) is 2. The number of halogens is 2. The zero-order valence-corrected chi connectivity index (χ0v) is 16.2. The number of amides is 2. The highest BCUT2D eigenvalue weighted by molar-refractivity contribution is 6.35. The van der Waals surface area contributed by atoms with Crippen molar-refractivity contribution in [3.63, 3.8) is 0 Å². The average molecular weight is 411 g/mol. The van der Waals surface area contributed by atoms with Gasteiger partial charge in [-0.05, 0) is 30.2 Å². The number of methoxy groups -OCH3 is 1. The van der Waals surface area contributed by atoms with Gasteiger partial charge in [-0.2, -0.15) is 0 Å². The molecule has 0 heterocycles. The van der Waals surface area contributed by atoms with Gasteiger partial charge in [-0.3, -0.25) is 20.4 Å². The fraction of sp³-hybridized carbons (Fsp3) is 0.263. The first kappa shape index (κ1) is 21.0. The van der Waals surface area contributed by atoms with Crippen molar-refractivity contribution in [2.45, 2.75) is 18.9 Å². The van der Waals surface area contributed by atoms with Crippen LogP contribution in [0.15, 0.2) is 48.5 Å². The SMILES string of the molecule is COC(C(=O)NNC(=O)CCCOc1ccc(Cl)cc1Cl)c1ccccc1. The van der Waals surface area contributed by atoms with Gasteiger partial charge in [0.15, 0.2) is 6.10 Å². The van der Waals surface area contributed by atoms with E-state index in [1.807, 2.05) is 6.07 Å². The van der Waals surface area contributed by atoms with Gasteiger partial charge in [-0.15, -0.1) is 0 Å². The summed E-state index contributed by atoms with van der Waals surface area (Å²) in [7, 11) is 1.43. The first-order chi connectivity index (χ1) is 13.0. The lowest BCUT2D eigenvalue weighted by Gasteiger charge is -2.16. The van der Waals surface area contributed by atoms with Gasteiger partial charge in [0.05, 0.1) is 11.6 Å². The van der Waals surface area contributed by atoms with E-state index in [0.29, 0.717) is 34.4 Å². The minimum absolute atomic E-state index is 0.175. The first-order valence-corrected chi connectivity index (χ1v) is 9.01. The molecule has 6 nitrogen and oxygen atoms in total. The first-order valence-electron chi connectivity index (χ1n) is 8.25. The van der Waals surface area contributed by atoms with Crippen LogP contribution in [0.1, 0.15) is 24.5 Å². The van der Waals surface area contributed by atoms with Crippen molar-refractivity contribution >= 4 is 35.0 Å². The van der Waals surface area contributed by atoms with Crippen molar-refractivity contribution in [2.24, 2.45) is 0 Å². The summed E-state index contributed by atoms with van der Waals surface area (Å²) in [6, 6.07) is 13.9. The van der Waals surface area contributed by atoms with Crippen LogP contribution >= 0.6 is 23.2 Å². The van der Waals surface area contributed by atoms with E-state index < -0.39 is 12.0 Å². The lowest BCUT2D eigenvalue weighted by molar-refractivity contribution is -0.136. The van der Waals surface area contributed by atoms with Gasteiger partial charge in [-0.25, -0.2) is 0 Å². The van der Waals surface area contributed by atoms with Gasteiger partial charge in [0.2, 0.25) is 5.91 Å². The Labute approximate surface area is 167 Å². The highest BCUT2D eigenvalue weighted by Gasteiger charge is 2.20. The number of ether oxygens (including phenoxy) is 2. The quantitative estimate of drug-likeness (QED) is 0.513. The molecule has 1 atom stereocenters. The predicted octanol–water partition coefficient (Wildman–Crippen LogP) is 3.69. The molecule has 0 radical (unpaired) electrons. The molecule has 0 aliphatic rings. The monoisotopic (exact) mass is 410 g/mol. The Morgan fingerprint density at radius 2 is 1.81 bits per heavy atom. The second-order valence-corrected chi connectivity index (χ2v) is 6.43. The van der Waals surface area contributed by atoms with E-state index in [2.05, 4.69) is 10.9 Å². The highest BCUT2D eigenvalue weighted by atomic mass is 35.5. The van der Waals surface area contributed by atoms with Gasteiger partial charge in [0.1, 0.15) is 5.75 Å². The topological polar surface area (TPSA) is 76.7 Å². The molecule has 0 spiro atoms. The van der Waals surface area contributed by atoms with Crippen LogP contribution in [-0.2, 0) is 14.3 Å². The fourth-order valence-corrected chi connectivity index (χ4v) is 2.75. The maximum atomic E-state index is 12.2. The minimum Gasteiger partial charge on any atom is -0.492 e. The summed E-state index contributed by atoms with van der Waals surface area (Å²) in [5.41, 5.74) is 5.43. The van der Waals surface area contributed by atoms with E-state index in [1.165, 1.54) is 7.11 Å². The van der Waals surface area contributed by atoms with Crippen LogP contribution in [0.4, 0.5) is 0 Å². The van der Waals surface area contributed by atoms with Crippen LogP contribution < -0.4 is 15.6 Å². The molecule has 27 heavy (non-hydrogen) atoms. The average Bonchev–Trinajstić information content (AvgIpc) is 2.66. The molecule has 2 N–H and O–H groups in total. The number of carbonyl (C=O) groups excluding carboxylic acids is 2. The zero-order chi connectivity index (χ0) is 19.6. The molecule has 2 rings (SSSR count). The molecule has 0 aliphatic carbocycles. The number of hydrogen-bond donors (Lipinski definition) is 2. The summed E-state index contributed by atoms with van der Waals surface area (Å²) >= 11 is 11.8. The minimum atomic E-state index is -0.804. The van der Waals surface area contributed by atoms with Crippen molar-refractivity contribution < 1.29 is 19.1 Å². The van der Waals surface area contributed by atoms with Crippen LogP contribution in [0, 0.1) is 0 Å².